The summed E-state index contributed by atoms with van der Waals surface area (Å²) in [5, 5.41) is 3.92. The van der Waals surface area contributed by atoms with Gasteiger partial charge in [-0.25, -0.2) is 0 Å². The minimum atomic E-state index is 0.0771. The van der Waals surface area contributed by atoms with Crippen LogP contribution in [0, 0.1) is 5.92 Å². The monoisotopic (exact) mass is 371 g/mol. The van der Waals surface area contributed by atoms with Gasteiger partial charge in [0, 0.05) is 23.8 Å². The molecule has 2 aromatic carbocycles. The van der Waals surface area contributed by atoms with Gasteiger partial charge in [-0.15, -0.1) is 0 Å². The number of carbonyl (C=O) groups is 1. The van der Waals surface area contributed by atoms with Gasteiger partial charge in [0.05, 0.1) is 6.42 Å². The number of nitrogens with zero attached hydrogens (tertiary/aromatic N) is 1. The number of hydrogen-bond donors (Lipinski definition) is 2. The summed E-state index contributed by atoms with van der Waals surface area (Å²) in [6.07, 6.45) is 2.62. The van der Waals surface area contributed by atoms with Crippen LogP contribution in [0.3, 0.4) is 0 Å². The van der Waals surface area contributed by atoms with Crippen molar-refractivity contribution in [3.63, 3.8) is 0 Å². The molecular formula is C21H26ClN3O. The van der Waals surface area contributed by atoms with Gasteiger partial charge in [-0.05, 0) is 61.2 Å². The van der Waals surface area contributed by atoms with Crippen LogP contribution in [0.15, 0.2) is 48.5 Å². The summed E-state index contributed by atoms with van der Waals surface area (Å²) in [5.74, 6) is 0.626. The molecule has 0 atom stereocenters. The first kappa shape index (κ1) is 18.7. The number of piperidine rings is 1. The zero-order valence-corrected chi connectivity index (χ0v) is 15.7. The Kier molecular flexibility index (Phi) is 6.53. The molecule has 5 heteroatoms. The molecule has 138 valence electrons. The quantitative estimate of drug-likeness (QED) is 0.764. The van der Waals surface area contributed by atoms with E-state index in [9.17, 15) is 4.79 Å². The van der Waals surface area contributed by atoms with E-state index in [0.717, 1.165) is 55.3 Å². The van der Waals surface area contributed by atoms with E-state index in [-0.39, 0.29) is 5.91 Å². The zero-order valence-electron chi connectivity index (χ0n) is 15.0. The number of halogens is 1. The SMILES string of the molecule is Nc1ccc(CC(=O)NCC2CCN(Cc3ccccc3Cl)CC2)cc1. The second-order valence-electron chi connectivity index (χ2n) is 7.03. The molecule has 3 N–H and O–H groups in total. The minimum absolute atomic E-state index is 0.0771. The fraction of sp³-hybridized carbons (Fsp3) is 0.381. The van der Waals surface area contributed by atoms with Crippen molar-refractivity contribution >= 4 is 23.2 Å². The zero-order chi connectivity index (χ0) is 18.4. The normalized spacial score (nSPS) is 15.7. The van der Waals surface area contributed by atoms with Crippen molar-refractivity contribution in [2.75, 3.05) is 25.4 Å². The van der Waals surface area contributed by atoms with Gasteiger partial charge in [-0.1, -0.05) is 41.9 Å². The molecule has 2 aromatic rings. The molecule has 4 nitrogen and oxygen atoms in total. The van der Waals surface area contributed by atoms with Gasteiger partial charge in [0.1, 0.15) is 0 Å². The maximum atomic E-state index is 12.1. The number of hydrogen-bond acceptors (Lipinski definition) is 3. The van der Waals surface area contributed by atoms with Crippen LogP contribution in [0.4, 0.5) is 5.69 Å². The molecule has 1 heterocycles. The molecule has 0 radical (unpaired) electrons. The van der Waals surface area contributed by atoms with Crippen LogP contribution in [0.1, 0.15) is 24.0 Å². The molecule has 26 heavy (non-hydrogen) atoms. The van der Waals surface area contributed by atoms with E-state index >= 15 is 0 Å². The van der Waals surface area contributed by atoms with Crippen LogP contribution in [-0.2, 0) is 17.8 Å². The number of nitrogens with two attached hydrogens (primary N) is 1. The standard InChI is InChI=1S/C21H26ClN3O/c22-20-4-2-1-3-18(20)15-25-11-9-17(10-12-25)14-24-21(26)13-16-5-7-19(23)8-6-16/h1-8,17H,9-15,23H2,(H,24,26). The molecule has 0 aliphatic carbocycles. The van der Waals surface area contributed by atoms with E-state index in [2.05, 4.69) is 16.3 Å². The lowest BCUT2D eigenvalue weighted by Crippen LogP contribution is -2.38. The third-order valence-corrected chi connectivity index (χ3v) is 5.36. The van der Waals surface area contributed by atoms with Gasteiger partial charge in [0.15, 0.2) is 0 Å². The Hall–Kier alpha value is -2.04. The van der Waals surface area contributed by atoms with Gasteiger partial charge in [0.25, 0.3) is 0 Å². The third kappa shape index (κ3) is 5.48. The topological polar surface area (TPSA) is 58.4 Å². The van der Waals surface area contributed by atoms with Crippen molar-refractivity contribution in [1.29, 1.82) is 0 Å². The number of rotatable bonds is 6. The fourth-order valence-corrected chi connectivity index (χ4v) is 3.55. The van der Waals surface area contributed by atoms with Crippen molar-refractivity contribution in [3.8, 4) is 0 Å². The molecular weight excluding hydrogens is 346 g/mol. The van der Waals surface area contributed by atoms with Crippen LogP contribution < -0.4 is 11.1 Å². The first-order valence-corrected chi connectivity index (χ1v) is 9.55. The number of benzene rings is 2. The molecule has 1 fully saturated rings. The number of nitrogen functional groups attached to an aromatic ring is 1. The molecule has 0 saturated carbocycles. The summed E-state index contributed by atoms with van der Waals surface area (Å²) < 4.78 is 0. The lowest BCUT2D eigenvalue weighted by Gasteiger charge is -2.32. The summed E-state index contributed by atoms with van der Waals surface area (Å²) in [6, 6.07) is 15.5. The van der Waals surface area contributed by atoms with E-state index in [1.165, 1.54) is 5.56 Å². The van der Waals surface area contributed by atoms with E-state index < -0.39 is 0 Å². The fourth-order valence-electron chi connectivity index (χ4n) is 3.36. The van der Waals surface area contributed by atoms with Crippen LogP contribution >= 0.6 is 11.6 Å². The summed E-state index contributed by atoms with van der Waals surface area (Å²) in [6.45, 7) is 3.75. The van der Waals surface area contributed by atoms with Crippen molar-refractivity contribution in [2.45, 2.75) is 25.8 Å². The molecule has 0 spiro atoms. The molecule has 0 aromatic heterocycles. The lowest BCUT2D eigenvalue weighted by molar-refractivity contribution is -0.120. The molecule has 1 amide bonds. The number of nitrogens with one attached hydrogen (secondary N) is 1. The largest absolute Gasteiger partial charge is 0.399 e. The highest BCUT2D eigenvalue weighted by Crippen LogP contribution is 2.22. The number of likely N-dealkylation sites (tertiary alicyclic amines) is 1. The highest BCUT2D eigenvalue weighted by atomic mass is 35.5. The molecule has 3 rings (SSSR count). The van der Waals surface area contributed by atoms with Crippen molar-refractivity contribution < 1.29 is 4.79 Å². The van der Waals surface area contributed by atoms with Crippen LogP contribution in [0.2, 0.25) is 5.02 Å². The van der Waals surface area contributed by atoms with Gasteiger partial charge in [0.2, 0.25) is 5.91 Å². The Morgan fingerprint density at radius 2 is 1.81 bits per heavy atom. The minimum Gasteiger partial charge on any atom is -0.399 e. The Labute approximate surface area is 160 Å². The first-order chi connectivity index (χ1) is 12.6. The molecule has 1 aliphatic heterocycles. The van der Waals surface area contributed by atoms with Crippen molar-refractivity contribution in [3.05, 3.63) is 64.7 Å². The van der Waals surface area contributed by atoms with E-state index in [0.29, 0.717) is 12.3 Å². The maximum absolute atomic E-state index is 12.1. The molecule has 0 bridgehead atoms. The highest BCUT2D eigenvalue weighted by Gasteiger charge is 2.20. The first-order valence-electron chi connectivity index (χ1n) is 9.17. The molecule has 1 saturated heterocycles. The summed E-state index contributed by atoms with van der Waals surface area (Å²) in [4.78, 5) is 14.6. The summed E-state index contributed by atoms with van der Waals surface area (Å²) in [5.41, 5.74) is 8.57. The number of amides is 1. The third-order valence-electron chi connectivity index (χ3n) is 4.99. The van der Waals surface area contributed by atoms with E-state index in [4.69, 9.17) is 17.3 Å². The van der Waals surface area contributed by atoms with Gasteiger partial charge in [-0.2, -0.15) is 0 Å². The maximum Gasteiger partial charge on any atom is 0.224 e. The predicted octanol–water partition coefficient (Wildman–Crippen LogP) is 3.49. The van der Waals surface area contributed by atoms with Gasteiger partial charge in [-0.3, -0.25) is 9.69 Å². The summed E-state index contributed by atoms with van der Waals surface area (Å²) >= 11 is 6.25. The van der Waals surface area contributed by atoms with Crippen molar-refractivity contribution in [2.24, 2.45) is 5.92 Å². The predicted molar refractivity (Wildman–Crippen MR) is 107 cm³/mol. The lowest BCUT2D eigenvalue weighted by atomic mass is 9.96. The number of carbonyl (C=O) groups excluding carboxylic acids is 1. The molecule has 0 unspecified atom stereocenters. The number of anilines is 1. The van der Waals surface area contributed by atoms with Gasteiger partial charge >= 0.3 is 0 Å². The Morgan fingerprint density at radius 1 is 1.12 bits per heavy atom. The second kappa shape index (κ2) is 9.06. The van der Waals surface area contributed by atoms with Gasteiger partial charge < -0.3 is 11.1 Å². The van der Waals surface area contributed by atoms with E-state index in [1.807, 2.05) is 42.5 Å². The van der Waals surface area contributed by atoms with Crippen molar-refractivity contribution in [1.82, 2.24) is 10.2 Å². The Balaban J connectivity index is 1.38. The average molecular weight is 372 g/mol. The smallest absolute Gasteiger partial charge is 0.224 e. The Bertz CT molecular complexity index is 724. The Morgan fingerprint density at radius 3 is 2.50 bits per heavy atom. The second-order valence-corrected chi connectivity index (χ2v) is 7.44. The van der Waals surface area contributed by atoms with Crippen LogP contribution in [-0.4, -0.2) is 30.4 Å². The molecule has 1 aliphatic rings. The summed E-state index contributed by atoms with van der Waals surface area (Å²) in [7, 11) is 0. The van der Waals surface area contributed by atoms with Crippen LogP contribution in [0.25, 0.3) is 0 Å². The van der Waals surface area contributed by atoms with Crippen LogP contribution in [0.5, 0.6) is 0 Å². The average Bonchev–Trinajstić information content (AvgIpc) is 2.65. The van der Waals surface area contributed by atoms with E-state index in [1.54, 1.807) is 0 Å². The highest BCUT2D eigenvalue weighted by molar-refractivity contribution is 6.31.